The first-order valence-electron chi connectivity index (χ1n) is 16.4. The minimum Gasteiger partial charge on any atom is -0.455 e. The lowest BCUT2D eigenvalue weighted by Gasteiger charge is -2.21. The van der Waals surface area contributed by atoms with Gasteiger partial charge in [0.05, 0.1) is 5.56 Å². The van der Waals surface area contributed by atoms with Crippen LogP contribution in [0.1, 0.15) is 25.0 Å². The molecule has 0 bridgehead atoms. The molecular formula is C44H29N3O. The number of nitrogens with zero attached hydrogens (tertiary/aromatic N) is 3. The molecule has 2 aromatic heterocycles. The molecule has 0 unspecified atom stereocenters. The second-order valence-electron chi connectivity index (χ2n) is 13.2. The number of hydrogen-bond acceptors (Lipinski definition) is 4. The van der Waals surface area contributed by atoms with Crippen molar-refractivity contribution in [3.05, 3.63) is 151 Å². The van der Waals surface area contributed by atoms with Crippen LogP contribution in [0, 0.1) is 0 Å². The minimum absolute atomic E-state index is 0.0996. The zero-order chi connectivity index (χ0) is 32.0. The first-order chi connectivity index (χ1) is 23.5. The highest BCUT2D eigenvalue weighted by molar-refractivity contribution is 6.14. The Labute approximate surface area is 277 Å². The molecule has 7 aromatic carbocycles. The van der Waals surface area contributed by atoms with Crippen molar-refractivity contribution in [2.24, 2.45) is 0 Å². The van der Waals surface area contributed by atoms with E-state index in [1.165, 1.54) is 33.0 Å². The summed E-state index contributed by atoms with van der Waals surface area (Å²) in [6.07, 6.45) is 0. The summed E-state index contributed by atoms with van der Waals surface area (Å²) in [5.74, 6) is 1.84. The van der Waals surface area contributed by atoms with E-state index in [1.54, 1.807) is 0 Å². The zero-order valence-electron chi connectivity index (χ0n) is 26.5. The summed E-state index contributed by atoms with van der Waals surface area (Å²) in [5.41, 5.74) is 9.47. The lowest BCUT2D eigenvalue weighted by molar-refractivity contribution is 0.658. The number of fused-ring (bicyclic) bond motifs is 9. The molecule has 0 amide bonds. The predicted molar refractivity (Wildman–Crippen MR) is 196 cm³/mol. The summed E-state index contributed by atoms with van der Waals surface area (Å²) in [6, 6.07) is 48.9. The van der Waals surface area contributed by atoms with Crippen LogP contribution in [-0.4, -0.2) is 15.0 Å². The Hall–Kier alpha value is -6.13. The Morgan fingerprint density at radius 3 is 1.94 bits per heavy atom. The summed E-state index contributed by atoms with van der Waals surface area (Å²) in [7, 11) is 0. The lowest BCUT2D eigenvalue weighted by Crippen LogP contribution is -2.14. The van der Waals surface area contributed by atoms with Crippen molar-refractivity contribution in [3.8, 4) is 45.3 Å². The van der Waals surface area contributed by atoms with Crippen LogP contribution < -0.4 is 0 Å². The van der Waals surface area contributed by atoms with E-state index in [2.05, 4.69) is 123 Å². The summed E-state index contributed by atoms with van der Waals surface area (Å²) < 4.78 is 6.77. The van der Waals surface area contributed by atoms with Crippen LogP contribution in [0.25, 0.3) is 88.8 Å². The van der Waals surface area contributed by atoms with E-state index in [0.29, 0.717) is 17.5 Å². The average molecular weight is 616 g/mol. The Morgan fingerprint density at radius 2 is 1.08 bits per heavy atom. The second-order valence-corrected chi connectivity index (χ2v) is 13.2. The van der Waals surface area contributed by atoms with Crippen molar-refractivity contribution >= 4 is 43.5 Å². The fourth-order valence-corrected chi connectivity index (χ4v) is 7.74. The Morgan fingerprint density at radius 1 is 0.438 bits per heavy atom. The van der Waals surface area contributed by atoms with Crippen LogP contribution in [0.3, 0.4) is 0 Å². The highest BCUT2D eigenvalue weighted by Gasteiger charge is 2.36. The number of benzene rings is 7. The Bertz CT molecular complexity index is 2760. The molecule has 4 nitrogen and oxygen atoms in total. The lowest BCUT2D eigenvalue weighted by atomic mass is 9.82. The van der Waals surface area contributed by atoms with Gasteiger partial charge in [-0.1, -0.05) is 129 Å². The maximum Gasteiger partial charge on any atom is 0.167 e. The van der Waals surface area contributed by atoms with Gasteiger partial charge >= 0.3 is 0 Å². The standard InChI is InChI=1S/C44H29N3O/c1-44(2)37-22-11-10-19-31(37)34-25-39-35(24-38(34)44)32-20-12-21-33(40(32)48-39)42-45-41(26-13-4-3-5-14-26)46-43(47-42)36-23-27-15-6-7-16-28(27)29-17-8-9-18-30(29)36/h3-25H,1-2H3. The topological polar surface area (TPSA) is 51.8 Å². The molecule has 10 rings (SSSR count). The summed E-state index contributed by atoms with van der Waals surface area (Å²) in [6.45, 7) is 4.62. The quantitative estimate of drug-likeness (QED) is 0.186. The van der Waals surface area contributed by atoms with E-state index in [0.717, 1.165) is 49.4 Å². The summed E-state index contributed by atoms with van der Waals surface area (Å²) in [4.78, 5) is 15.4. The molecular weight excluding hydrogens is 587 g/mol. The summed E-state index contributed by atoms with van der Waals surface area (Å²) in [5, 5.41) is 6.78. The Kier molecular flexibility index (Phi) is 5.59. The van der Waals surface area contributed by atoms with E-state index in [-0.39, 0.29) is 5.41 Å². The maximum absolute atomic E-state index is 6.77. The van der Waals surface area contributed by atoms with E-state index in [1.807, 2.05) is 30.3 Å². The minimum atomic E-state index is -0.0996. The third-order valence-corrected chi connectivity index (χ3v) is 10.1. The molecule has 0 atom stereocenters. The van der Waals surface area contributed by atoms with Gasteiger partial charge in [0.15, 0.2) is 17.5 Å². The Balaban J connectivity index is 1.23. The maximum atomic E-state index is 6.77. The molecule has 48 heavy (non-hydrogen) atoms. The molecule has 0 radical (unpaired) electrons. The first kappa shape index (κ1) is 27.0. The first-order valence-corrected chi connectivity index (χ1v) is 16.4. The number of rotatable bonds is 3. The molecule has 0 saturated heterocycles. The van der Waals surface area contributed by atoms with Gasteiger partial charge in [0.1, 0.15) is 11.2 Å². The van der Waals surface area contributed by atoms with Gasteiger partial charge in [-0.25, -0.2) is 15.0 Å². The van der Waals surface area contributed by atoms with Crippen molar-refractivity contribution in [1.82, 2.24) is 15.0 Å². The van der Waals surface area contributed by atoms with Gasteiger partial charge in [-0.2, -0.15) is 0 Å². The van der Waals surface area contributed by atoms with E-state index < -0.39 is 0 Å². The number of furan rings is 1. The molecule has 0 saturated carbocycles. The van der Waals surface area contributed by atoms with E-state index in [4.69, 9.17) is 19.4 Å². The predicted octanol–water partition coefficient (Wildman–Crippen LogP) is 11.4. The second kappa shape index (κ2) is 9.93. The van der Waals surface area contributed by atoms with Gasteiger partial charge in [0.2, 0.25) is 0 Å². The number of aromatic nitrogens is 3. The van der Waals surface area contributed by atoms with Crippen molar-refractivity contribution in [1.29, 1.82) is 0 Å². The smallest absolute Gasteiger partial charge is 0.167 e. The third kappa shape index (κ3) is 3.86. The largest absolute Gasteiger partial charge is 0.455 e. The molecule has 0 fully saturated rings. The highest BCUT2D eigenvalue weighted by atomic mass is 16.3. The van der Waals surface area contributed by atoms with Crippen LogP contribution in [0.2, 0.25) is 0 Å². The highest BCUT2D eigenvalue weighted by Crippen LogP contribution is 2.51. The van der Waals surface area contributed by atoms with Crippen molar-refractivity contribution in [3.63, 3.8) is 0 Å². The molecule has 1 aliphatic carbocycles. The van der Waals surface area contributed by atoms with Gasteiger partial charge in [-0.05, 0) is 68.1 Å². The molecule has 226 valence electrons. The van der Waals surface area contributed by atoms with Crippen LogP contribution in [0.4, 0.5) is 0 Å². The van der Waals surface area contributed by atoms with E-state index in [9.17, 15) is 0 Å². The fourth-order valence-electron chi connectivity index (χ4n) is 7.74. The summed E-state index contributed by atoms with van der Waals surface area (Å²) >= 11 is 0. The van der Waals surface area contributed by atoms with Crippen LogP contribution in [-0.2, 0) is 5.41 Å². The molecule has 4 heteroatoms. The number of hydrogen-bond donors (Lipinski definition) is 0. The van der Waals surface area contributed by atoms with Crippen LogP contribution >= 0.6 is 0 Å². The molecule has 1 aliphatic rings. The SMILES string of the molecule is CC1(C)c2ccccc2-c2cc3oc4c(-c5nc(-c6ccccc6)nc(-c6cc7ccccc7c7ccccc67)n5)cccc4c3cc21. The van der Waals surface area contributed by atoms with E-state index >= 15 is 0 Å². The zero-order valence-corrected chi connectivity index (χ0v) is 26.5. The molecule has 2 heterocycles. The molecule has 9 aromatic rings. The van der Waals surface area contributed by atoms with Gasteiger partial charge in [0, 0.05) is 27.3 Å². The monoisotopic (exact) mass is 615 g/mol. The average Bonchev–Trinajstić information content (AvgIpc) is 3.62. The van der Waals surface area contributed by atoms with Gasteiger partial charge < -0.3 is 4.42 Å². The van der Waals surface area contributed by atoms with Crippen molar-refractivity contribution in [2.75, 3.05) is 0 Å². The van der Waals surface area contributed by atoms with Crippen LogP contribution in [0.5, 0.6) is 0 Å². The van der Waals surface area contributed by atoms with Crippen molar-refractivity contribution in [2.45, 2.75) is 19.3 Å². The van der Waals surface area contributed by atoms with Gasteiger partial charge in [-0.15, -0.1) is 0 Å². The molecule has 0 spiro atoms. The fraction of sp³-hybridized carbons (Fsp3) is 0.0682. The van der Waals surface area contributed by atoms with Crippen molar-refractivity contribution < 1.29 is 4.42 Å². The van der Waals surface area contributed by atoms with Gasteiger partial charge in [0.25, 0.3) is 0 Å². The normalized spacial score (nSPS) is 13.4. The van der Waals surface area contributed by atoms with Gasteiger partial charge in [-0.3, -0.25) is 0 Å². The molecule has 0 aliphatic heterocycles. The number of para-hydroxylation sites is 1. The third-order valence-electron chi connectivity index (χ3n) is 10.1. The molecule has 0 N–H and O–H groups in total. The van der Waals surface area contributed by atoms with Crippen LogP contribution in [0.15, 0.2) is 144 Å².